The summed E-state index contributed by atoms with van der Waals surface area (Å²) in [4.78, 5) is 23.4. The van der Waals surface area contributed by atoms with E-state index in [2.05, 4.69) is 26.1 Å². The Morgan fingerprint density at radius 2 is 1.96 bits per heavy atom. The number of carboxylic acid groups (broad SMARTS) is 1. The van der Waals surface area contributed by atoms with Gasteiger partial charge in [0.1, 0.15) is 0 Å². The van der Waals surface area contributed by atoms with Crippen LogP contribution >= 0.6 is 0 Å². The Bertz CT molecular complexity index is 611. The maximum absolute atomic E-state index is 12.2. The molecule has 0 saturated heterocycles. The van der Waals surface area contributed by atoms with Gasteiger partial charge in [-0.05, 0) is 31.4 Å². The molecule has 0 heterocycles. The van der Waals surface area contributed by atoms with Gasteiger partial charge in [0, 0.05) is 25.0 Å². The predicted octanol–water partition coefficient (Wildman–Crippen LogP) is 2.64. The van der Waals surface area contributed by atoms with Crippen LogP contribution in [0.25, 0.3) is 0 Å². The summed E-state index contributed by atoms with van der Waals surface area (Å²) in [5.41, 5.74) is 0.595. The van der Waals surface area contributed by atoms with Crippen molar-refractivity contribution in [3.63, 3.8) is 0 Å². The van der Waals surface area contributed by atoms with Crippen molar-refractivity contribution in [2.24, 2.45) is 5.41 Å². The van der Waals surface area contributed by atoms with E-state index in [0.717, 1.165) is 6.42 Å². The van der Waals surface area contributed by atoms with Crippen LogP contribution in [0.15, 0.2) is 24.3 Å². The summed E-state index contributed by atoms with van der Waals surface area (Å²) in [7, 11) is 1.70. The molecule has 0 aliphatic heterocycles. The summed E-state index contributed by atoms with van der Waals surface area (Å²) in [5, 5.41) is 12.2. The van der Waals surface area contributed by atoms with E-state index in [1.807, 2.05) is 0 Å². The molecule has 0 radical (unpaired) electrons. The SMILES string of the molecule is COC1(C)CC(NC(=O)CCc2ccccc2C(=O)O)C1(C)C. The predicted molar refractivity (Wildman–Crippen MR) is 87.5 cm³/mol. The summed E-state index contributed by atoms with van der Waals surface area (Å²) in [5.74, 6) is -1.02. The molecule has 1 fully saturated rings. The monoisotopic (exact) mass is 319 g/mol. The second-order valence-electron chi connectivity index (χ2n) is 6.94. The molecule has 5 heteroatoms. The van der Waals surface area contributed by atoms with Gasteiger partial charge in [0.2, 0.25) is 5.91 Å². The van der Waals surface area contributed by atoms with Gasteiger partial charge >= 0.3 is 5.97 Å². The number of ether oxygens (including phenoxy) is 1. The first-order valence-electron chi connectivity index (χ1n) is 7.87. The maximum Gasteiger partial charge on any atom is 0.335 e. The zero-order valence-electron chi connectivity index (χ0n) is 14.2. The Balaban J connectivity index is 1.91. The number of rotatable bonds is 6. The average Bonchev–Trinajstić information content (AvgIpc) is 2.52. The number of methoxy groups -OCH3 is 1. The Labute approximate surface area is 137 Å². The third kappa shape index (κ3) is 3.24. The molecule has 1 amide bonds. The lowest BCUT2D eigenvalue weighted by atomic mass is 9.56. The molecule has 126 valence electrons. The standard InChI is InChI=1S/C18H25NO4/c1-17(2)14(11-18(17,3)23-4)19-15(20)10-9-12-7-5-6-8-13(12)16(21)22/h5-8,14H,9-11H2,1-4H3,(H,19,20)(H,21,22). The maximum atomic E-state index is 12.2. The fourth-order valence-corrected chi connectivity index (χ4v) is 3.18. The lowest BCUT2D eigenvalue weighted by Gasteiger charge is -2.59. The number of aromatic carboxylic acids is 1. The molecule has 0 spiro atoms. The minimum Gasteiger partial charge on any atom is -0.478 e. The molecule has 1 aromatic carbocycles. The van der Waals surface area contributed by atoms with Crippen molar-refractivity contribution in [3.05, 3.63) is 35.4 Å². The van der Waals surface area contributed by atoms with Gasteiger partial charge in [-0.15, -0.1) is 0 Å². The van der Waals surface area contributed by atoms with Gasteiger partial charge in [0.05, 0.1) is 11.2 Å². The molecule has 1 aliphatic rings. The number of carbonyl (C=O) groups excluding carboxylic acids is 1. The largest absolute Gasteiger partial charge is 0.478 e. The lowest BCUT2D eigenvalue weighted by molar-refractivity contribution is -0.182. The second kappa shape index (κ2) is 6.32. The zero-order valence-corrected chi connectivity index (χ0v) is 14.2. The highest BCUT2D eigenvalue weighted by Crippen LogP contribution is 2.51. The van der Waals surface area contributed by atoms with Crippen LogP contribution < -0.4 is 5.32 Å². The highest BCUT2D eigenvalue weighted by atomic mass is 16.5. The zero-order chi connectivity index (χ0) is 17.3. The highest BCUT2D eigenvalue weighted by Gasteiger charge is 2.58. The Hall–Kier alpha value is -1.88. The summed E-state index contributed by atoms with van der Waals surface area (Å²) in [6.45, 7) is 6.23. The van der Waals surface area contributed by atoms with Gasteiger partial charge in [-0.3, -0.25) is 4.79 Å². The molecule has 23 heavy (non-hydrogen) atoms. The summed E-state index contributed by atoms with van der Waals surface area (Å²) in [6.07, 6.45) is 1.48. The van der Waals surface area contributed by atoms with Crippen molar-refractivity contribution >= 4 is 11.9 Å². The van der Waals surface area contributed by atoms with E-state index in [1.165, 1.54) is 0 Å². The first-order chi connectivity index (χ1) is 10.7. The third-order valence-corrected chi connectivity index (χ3v) is 5.48. The smallest absolute Gasteiger partial charge is 0.335 e. The van der Waals surface area contributed by atoms with Crippen molar-refractivity contribution in [3.8, 4) is 0 Å². The topological polar surface area (TPSA) is 75.6 Å². The van der Waals surface area contributed by atoms with E-state index in [9.17, 15) is 9.59 Å². The molecule has 2 N–H and O–H groups in total. The highest BCUT2D eigenvalue weighted by molar-refractivity contribution is 5.89. The Kier molecular flexibility index (Phi) is 4.80. The molecular formula is C18H25NO4. The summed E-state index contributed by atoms with van der Waals surface area (Å²) < 4.78 is 5.56. The van der Waals surface area contributed by atoms with Crippen molar-refractivity contribution < 1.29 is 19.4 Å². The van der Waals surface area contributed by atoms with Crippen LogP contribution in [-0.2, 0) is 16.0 Å². The number of hydrogen-bond donors (Lipinski definition) is 2. The fourth-order valence-electron chi connectivity index (χ4n) is 3.18. The van der Waals surface area contributed by atoms with Gasteiger partial charge in [-0.1, -0.05) is 32.0 Å². The average molecular weight is 319 g/mol. The summed E-state index contributed by atoms with van der Waals surface area (Å²) >= 11 is 0. The molecule has 1 aliphatic carbocycles. The number of aryl methyl sites for hydroxylation is 1. The molecule has 1 aromatic rings. The second-order valence-corrected chi connectivity index (χ2v) is 6.94. The van der Waals surface area contributed by atoms with Gasteiger partial charge in [0.15, 0.2) is 0 Å². The Morgan fingerprint density at radius 3 is 2.52 bits per heavy atom. The number of benzene rings is 1. The van der Waals surface area contributed by atoms with Gasteiger partial charge in [0.25, 0.3) is 0 Å². The van der Waals surface area contributed by atoms with Crippen molar-refractivity contribution in [1.82, 2.24) is 5.32 Å². The molecule has 2 atom stereocenters. The number of hydrogen-bond acceptors (Lipinski definition) is 3. The first kappa shape index (κ1) is 17.5. The molecule has 2 unspecified atom stereocenters. The molecular weight excluding hydrogens is 294 g/mol. The van der Waals surface area contributed by atoms with Crippen LogP contribution in [0.2, 0.25) is 0 Å². The van der Waals surface area contributed by atoms with Crippen LogP contribution in [0, 0.1) is 5.41 Å². The van der Waals surface area contributed by atoms with Crippen molar-refractivity contribution in [2.75, 3.05) is 7.11 Å². The van der Waals surface area contributed by atoms with E-state index < -0.39 is 5.97 Å². The molecule has 0 bridgehead atoms. The van der Waals surface area contributed by atoms with Gasteiger partial charge in [-0.2, -0.15) is 0 Å². The van der Waals surface area contributed by atoms with Crippen LogP contribution in [0.3, 0.4) is 0 Å². The summed E-state index contributed by atoms with van der Waals surface area (Å²) in [6, 6.07) is 6.88. The van der Waals surface area contributed by atoms with E-state index in [-0.39, 0.29) is 34.9 Å². The van der Waals surface area contributed by atoms with Gasteiger partial charge < -0.3 is 15.2 Å². The number of amides is 1. The minimum atomic E-state index is -0.961. The van der Waals surface area contributed by atoms with E-state index in [0.29, 0.717) is 12.0 Å². The molecule has 2 rings (SSSR count). The van der Waals surface area contributed by atoms with E-state index in [4.69, 9.17) is 9.84 Å². The van der Waals surface area contributed by atoms with Crippen molar-refractivity contribution in [1.29, 1.82) is 0 Å². The van der Waals surface area contributed by atoms with E-state index >= 15 is 0 Å². The number of nitrogens with one attached hydrogen (secondary N) is 1. The minimum absolute atomic E-state index is 0.0542. The third-order valence-electron chi connectivity index (χ3n) is 5.48. The normalized spacial score (nSPS) is 25.5. The molecule has 0 aromatic heterocycles. The first-order valence-corrected chi connectivity index (χ1v) is 7.87. The van der Waals surface area contributed by atoms with E-state index in [1.54, 1.807) is 31.4 Å². The fraction of sp³-hybridized carbons (Fsp3) is 0.556. The van der Waals surface area contributed by atoms with Crippen LogP contribution in [0.1, 0.15) is 49.5 Å². The van der Waals surface area contributed by atoms with Crippen molar-refractivity contribution in [2.45, 2.75) is 51.7 Å². The molecule has 5 nitrogen and oxygen atoms in total. The molecule has 1 saturated carbocycles. The van der Waals surface area contributed by atoms with Crippen LogP contribution in [0.5, 0.6) is 0 Å². The quantitative estimate of drug-likeness (QED) is 0.845. The lowest BCUT2D eigenvalue weighted by Crippen LogP contribution is -2.68. The van der Waals surface area contributed by atoms with Crippen LogP contribution in [0.4, 0.5) is 0 Å². The number of carbonyl (C=O) groups is 2. The van der Waals surface area contributed by atoms with Gasteiger partial charge in [-0.25, -0.2) is 4.79 Å². The Morgan fingerprint density at radius 1 is 1.30 bits per heavy atom. The number of carboxylic acids is 1. The van der Waals surface area contributed by atoms with Crippen LogP contribution in [-0.4, -0.2) is 35.7 Å².